The van der Waals surface area contributed by atoms with Crippen LogP contribution in [0.3, 0.4) is 0 Å². The molecule has 2 aliphatic carbocycles. The molecule has 0 saturated heterocycles. The summed E-state index contributed by atoms with van der Waals surface area (Å²) >= 11 is 0. The van der Waals surface area contributed by atoms with Crippen molar-refractivity contribution in [2.24, 2.45) is 10.8 Å². The number of carbonyl (C=O) groups excluding carboxylic acids is 2. The lowest BCUT2D eigenvalue weighted by Crippen LogP contribution is -2.52. The number of ether oxygens (including phenoxy) is 1. The van der Waals surface area contributed by atoms with E-state index >= 15 is 0 Å². The van der Waals surface area contributed by atoms with Crippen LogP contribution in [0.25, 0.3) is 11.1 Å². The predicted octanol–water partition coefficient (Wildman–Crippen LogP) is 3.92. The highest BCUT2D eigenvalue weighted by Gasteiger charge is 2.51. The molecule has 1 unspecified atom stereocenters. The number of benzene rings is 2. The molecule has 2 aliphatic rings. The first-order valence-corrected chi connectivity index (χ1v) is 11.2. The number of hydrogen-bond acceptors (Lipinski definition) is 4. The highest BCUT2D eigenvalue weighted by atomic mass is 16.5. The average Bonchev–Trinajstić information content (AvgIpc) is 3.50. The van der Waals surface area contributed by atoms with Crippen molar-refractivity contribution in [3.8, 4) is 11.1 Å². The lowest BCUT2D eigenvalue weighted by atomic mass is 9.86. The van der Waals surface area contributed by atoms with Gasteiger partial charge in [-0.25, -0.2) is 9.59 Å². The third kappa shape index (κ3) is 4.58. The third-order valence-electron chi connectivity index (χ3n) is 6.64. The van der Waals surface area contributed by atoms with Gasteiger partial charge >= 0.3 is 12.1 Å². The van der Waals surface area contributed by atoms with Crippen LogP contribution in [0.4, 0.5) is 4.79 Å². The molecule has 1 atom stereocenters. The zero-order valence-corrected chi connectivity index (χ0v) is 19.2. The normalized spacial score (nSPS) is 16.8. The molecular weight excluding hydrogens is 420 g/mol. The molecule has 0 aliphatic heterocycles. The Bertz CT molecular complexity index is 1040. The zero-order valence-electron chi connectivity index (χ0n) is 19.2. The molecule has 2 aromatic carbocycles. The number of fused-ring (bicyclic) bond motifs is 3. The standard InChI is InChI=1S/C26H30N2O5/c1-25(2,3)21(22(29)30)28-23(31)26(12-13-26)15-27-24(32)33-14-20-18-10-6-4-8-16(18)17-9-5-7-11-19(17)20/h4-11,20-21H,12-15H2,1-3H3,(H,27,32)(H,28,31)(H,29,30). The number of rotatable bonds is 7. The summed E-state index contributed by atoms with van der Waals surface area (Å²) < 4.78 is 5.54. The Balaban J connectivity index is 1.34. The van der Waals surface area contributed by atoms with Gasteiger partial charge in [-0.2, -0.15) is 0 Å². The number of carboxylic acids is 1. The average molecular weight is 451 g/mol. The summed E-state index contributed by atoms with van der Waals surface area (Å²) in [6.45, 7) is 5.61. The van der Waals surface area contributed by atoms with E-state index in [9.17, 15) is 19.5 Å². The van der Waals surface area contributed by atoms with Crippen LogP contribution in [0.1, 0.15) is 50.7 Å². The highest BCUT2D eigenvalue weighted by molar-refractivity contribution is 5.90. The molecule has 0 bridgehead atoms. The largest absolute Gasteiger partial charge is 0.480 e. The second-order valence-electron chi connectivity index (χ2n) is 10.1. The van der Waals surface area contributed by atoms with Gasteiger partial charge in [0.1, 0.15) is 12.6 Å². The van der Waals surface area contributed by atoms with E-state index in [1.807, 2.05) is 24.3 Å². The second-order valence-corrected chi connectivity index (χ2v) is 10.1. The van der Waals surface area contributed by atoms with Gasteiger partial charge < -0.3 is 20.5 Å². The van der Waals surface area contributed by atoms with Crippen LogP contribution in [-0.2, 0) is 14.3 Å². The first kappa shape index (κ1) is 22.8. The van der Waals surface area contributed by atoms with E-state index in [1.165, 1.54) is 0 Å². The summed E-state index contributed by atoms with van der Waals surface area (Å²) in [5, 5.41) is 14.8. The van der Waals surface area contributed by atoms with Crippen LogP contribution >= 0.6 is 0 Å². The Morgan fingerprint density at radius 2 is 1.58 bits per heavy atom. The van der Waals surface area contributed by atoms with Crippen molar-refractivity contribution in [2.45, 2.75) is 45.6 Å². The molecule has 7 heteroatoms. The van der Waals surface area contributed by atoms with Gasteiger partial charge in [0.15, 0.2) is 0 Å². The smallest absolute Gasteiger partial charge is 0.407 e. The fourth-order valence-electron chi connectivity index (χ4n) is 4.46. The summed E-state index contributed by atoms with van der Waals surface area (Å²) in [6.07, 6.45) is 0.610. The topological polar surface area (TPSA) is 105 Å². The second kappa shape index (κ2) is 8.54. The van der Waals surface area contributed by atoms with Gasteiger partial charge in [0.25, 0.3) is 0 Å². The summed E-state index contributed by atoms with van der Waals surface area (Å²) in [5.74, 6) is -1.45. The van der Waals surface area contributed by atoms with Crippen molar-refractivity contribution < 1.29 is 24.2 Å². The minimum absolute atomic E-state index is 0.0376. The van der Waals surface area contributed by atoms with Crippen LogP contribution in [0.2, 0.25) is 0 Å². The van der Waals surface area contributed by atoms with E-state index in [-0.39, 0.29) is 25.0 Å². The van der Waals surface area contributed by atoms with Crippen LogP contribution in [-0.4, -0.2) is 42.3 Å². The molecule has 0 aromatic heterocycles. The molecule has 0 spiro atoms. The molecule has 174 valence electrons. The SMILES string of the molecule is CC(C)(C)C(NC(=O)C1(CNC(=O)OCC2c3ccccc3-c3ccccc32)CC1)C(=O)O. The quantitative estimate of drug-likeness (QED) is 0.593. The van der Waals surface area contributed by atoms with Gasteiger partial charge in [0.2, 0.25) is 5.91 Å². The first-order chi connectivity index (χ1) is 15.6. The lowest BCUT2D eigenvalue weighted by Gasteiger charge is -2.29. The van der Waals surface area contributed by atoms with Gasteiger partial charge in [0, 0.05) is 12.5 Å². The van der Waals surface area contributed by atoms with Gasteiger partial charge in [-0.05, 0) is 40.5 Å². The Kier molecular flexibility index (Phi) is 5.91. The van der Waals surface area contributed by atoms with E-state index in [0.717, 1.165) is 22.3 Å². The fourth-order valence-corrected chi connectivity index (χ4v) is 4.46. The van der Waals surface area contributed by atoms with E-state index in [1.54, 1.807) is 20.8 Å². The van der Waals surface area contributed by atoms with Gasteiger partial charge in [-0.15, -0.1) is 0 Å². The number of aliphatic carboxylic acids is 1. The van der Waals surface area contributed by atoms with Crippen LogP contribution in [0.5, 0.6) is 0 Å². The summed E-state index contributed by atoms with van der Waals surface area (Å²) in [7, 11) is 0. The Hall–Kier alpha value is -3.35. The van der Waals surface area contributed by atoms with Crippen molar-refractivity contribution >= 4 is 18.0 Å². The summed E-state index contributed by atoms with van der Waals surface area (Å²) in [6, 6.07) is 15.2. The van der Waals surface area contributed by atoms with Crippen molar-refractivity contribution in [3.63, 3.8) is 0 Å². The summed E-state index contributed by atoms with van der Waals surface area (Å²) in [4.78, 5) is 36.8. The minimum atomic E-state index is -1.07. The van der Waals surface area contributed by atoms with Crippen molar-refractivity contribution in [3.05, 3.63) is 59.7 Å². The van der Waals surface area contributed by atoms with Crippen molar-refractivity contribution in [1.82, 2.24) is 10.6 Å². The molecule has 33 heavy (non-hydrogen) atoms. The lowest BCUT2D eigenvalue weighted by molar-refractivity contribution is -0.145. The molecule has 1 saturated carbocycles. The Labute approximate surface area is 193 Å². The molecule has 3 N–H and O–H groups in total. The van der Waals surface area contributed by atoms with Gasteiger partial charge in [0.05, 0.1) is 5.41 Å². The fraction of sp³-hybridized carbons (Fsp3) is 0.423. The Morgan fingerprint density at radius 1 is 1.03 bits per heavy atom. The first-order valence-electron chi connectivity index (χ1n) is 11.2. The maximum atomic E-state index is 12.8. The van der Waals surface area contributed by atoms with E-state index in [4.69, 9.17) is 4.74 Å². The van der Waals surface area contributed by atoms with Crippen LogP contribution in [0.15, 0.2) is 48.5 Å². The van der Waals surface area contributed by atoms with Crippen LogP contribution < -0.4 is 10.6 Å². The number of carbonyl (C=O) groups is 3. The molecule has 1 fully saturated rings. The zero-order chi connectivity index (χ0) is 23.8. The minimum Gasteiger partial charge on any atom is -0.480 e. The van der Waals surface area contributed by atoms with Crippen molar-refractivity contribution in [2.75, 3.05) is 13.2 Å². The molecule has 0 radical (unpaired) electrons. The molecule has 2 aromatic rings. The molecule has 2 amide bonds. The summed E-state index contributed by atoms with van der Waals surface area (Å²) in [5.41, 5.74) is 3.17. The molecule has 7 nitrogen and oxygen atoms in total. The predicted molar refractivity (Wildman–Crippen MR) is 124 cm³/mol. The number of alkyl carbamates (subject to hydrolysis) is 1. The van der Waals surface area contributed by atoms with E-state index in [2.05, 4.69) is 34.9 Å². The van der Waals surface area contributed by atoms with Crippen molar-refractivity contribution in [1.29, 1.82) is 0 Å². The maximum Gasteiger partial charge on any atom is 0.407 e. The number of hydrogen-bond donors (Lipinski definition) is 3. The maximum absolute atomic E-state index is 12.8. The molecule has 4 rings (SSSR count). The third-order valence-corrected chi connectivity index (χ3v) is 6.64. The number of amides is 2. The highest BCUT2D eigenvalue weighted by Crippen LogP contribution is 2.46. The number of carboxylic acid groups (broad SMARTS) is 1. The van der Waals surface area contributed by atoms with Gasteiger partial charge in [-0.3, -0.25) is 4.79 Å². The van der Waals surface area contributed by atoms with E-state index in [0.29, 0.717) is 12.8 Å². The molecular formula is C26H30N2O5. The monoisotopic (exact) mass is 450 g/mol. The van der Waals surface area contributed by atoms with E-state index < -0.39 is 28.9 Å². The molecule has 0 heterocycles. The Morgan fingerprint density at radius 3 is 2.06 bits per heavy atom. The van der Waals surface area contributed by atoms with Gasteiger partial charge in [-0.1, -0.05) is 69.3 Å². The number of nitrogens with one attached hydrogen (secondary N) is 2. The van der Waals surface area contributed by atoms with Crippen LogP contribution in [0, 0.1) is 10.8 Å².